The van der Waals surface area contributed by atoms with Gasteiger partial charge in [0, 0.05) is 30.9 Å². The number of halogens is 1. The Morgan fingerprint density at radius 3 is 2.58 bits per heavy atom. The molecule has 1 aromatic carbocycles. The molecule has 0 aliphatic rings. The summed E-state index contributed by atoms with van der Waals surface area (Å²) < 4.78 is 11.1. The van der Waals surface area contributed by atoms with Crippen molar-refractivity contribution in [3.63, 3.8) is 0 Å². The number of rotatable bonds is 8. The van der Waals surface area contributed by atoms with E-state index < -0.39 is 0 Å². The molecule has 6 heteroatoms. The van der Waals surface area contributed by atoms with E-state index in [2.05, 4.69) is 26.6 Å². The van der Waals surface area contributed by atoms with Crippen molar-refractivity contribution >= 4 is 27.5 Å². The summed E-state index contributed by atoms with van der Waals surface area (Å²) in [5.41, 5.74) is 0.773. The Balaban J connectivity index is 2.26. The summed E-state index contributed by atoms with van der Waals surface area (Å²) in [6, 6.07) is 7.43. The van der Waals surface area contributed by atoms with E-state index in [0.717, 1.165) is 10.2 Å². The monoisotopic (exact) mass is 330 g/mol. The Labute approximate surface area is 121 Å². The Bertz CT molecular complexity index is 384. The van der Waals surface area contributed by atoms with Crippen LogP contribution in [0.4, 0.5) is 5.69 Å². The highest BCUT2D eigenvalue weighted by molar-refractivity contribution is 9.10. The fourth-order valence-corrected chi connectivity index (χ4v) is 1.75. The molecule has 0 saturated heterocycles. The van der Waals surface area contributed by atoms with Crippen LogP contribution in [0.1, 0.15) is 0 Å². The quantitative estimate of drug-likeness (QED) is 0.760. The van der Waals surface area contributed by atoms with Gasteiger partial charge >= 0.3 is 0 Å². The van der Waals surface area contributed by atoms with Crippen LogP contribution in [0, 0.1) is 0 Å². The van der Waals surface area contributed by atoms with Crippen LogP contribution >= 0.6 is 15.9 Å². The Morgan fingerprint density at radius 2 is 2.00 bits per heavy atom. The number of anilines is 1. The zero-order valence-corrected chi connectivity index (χ0v) is 12.7. The number of hydrogen-bond acceptors (Lipinski definition) is 4. The summed E-state index contributed by atoms with van der Waals surface area (Å²) in [6.07, 6.45) is -0.0505. The Morgan fingerprint density at radius 1 is 1.32 bits per heavy atom. The number of amides is 1. The maximum atomic E-state index is 11.7. The molecule has 0 aliphatic carbocycles. The van der Waals surface area contributed by atoms with Gasteiger partial charge in [-0.2, -0.15) is 0 Å². The molecule has 106 valence electrons. The lowest BCUT2D eigenvalue weighted by Crippen LogP contribution is -2.36. The first-order valence-electron chi connectivity index (χ1n) is 5.93. The highest BCUT2D eigenvalue weighted by Gasteiger charge is 2.07. The largest absolute Gasteiger partial charge is 0.382 e. The first kappa shape index (κ1) is 16.1. The van der Waals surface area contributed by atoms with Crippen molar-refractivity contribution < 1.29 is 14.3 Å². The minimum absolute atomic E-state index is 0.0505. The number of carbonyl (C=O) groups is 1. The van der Waals surface area contributed by atoms with Gasteiger partial charge in [-0.1, -0.05) is 15.9 Å². The lowest BCUT2D eigenvalue weighted by Gasteiger charge is -2.14. The SMILES string of the molecule is COCC(CNCC(=O)Nc1ccc(Br)cc1)OC. The van der Waals surface area contributed by atoms with E-state index in [1.807, 2.05) is 24.3 Å². The number of nitrogens with one attached hydrogen (secondary N) is 2. The molecule has 0 fully saturated rings. The predicted molar refractivity (Wildman–Crippen MR) is 78.3 cm³/mol. The fraction of sp³-hybridized carbons (Fsp3) is 0.462. The molecule has 0 radical (unpaired) electrons. The summed E-state index contributed by atoms with van der Waals surface area (Å²) in [7, 11) is 3.24. The number of ether oxygens (including phenoxy) is 2. The third-order valence-electron chi connectivity index (χ3n) is 2.47. The van der Waals surface area contributed by atoms with E-state index in [9.17, 15) is 4.79 Å². The highest BCUT2D eigenvalue weighted by atomic mass is 79.9. The van der Waals surface area contributed by atoms with Crippen LogP contribution in [-0.4, -0.2) is 45.9 Å². The van der Waals surface area contributed by atoms with Gasteiger partial charge in [-0.05, 0) is 24.3 Å². The summed E-state index contributed by atoms with van der Waals surface area (Å²) in [6.45, 7) is 1.30. The van der Waals surface area contributed by atoms with Crippen molar-refractivity contribution in [2.45, 2.75) is 6.10 Å². The molecule has 0 aromatic heterocycles. The molecule has 1 rings (SSSR count). The molecule has 1 atom stereocenters. The summed E-state index contributed by atoms with van der Waals surface area (Å²) >= 11 is 3.34. The van der Waals surface area contributed by atoms with Crippen LogP contribution in [0.15, 0.2) is 28.7 Å². The first-order chi connectivity index (χ1) is 9.15. The van der Waals surface area contributed by atoms with Gasteiger partial charge in [-0.3, -0.25) is 4.79 Å². The molecule has 1 amide bonds. The molecule has 0 saturated carbocycles. The second kappa shape index (κ2) is 9.03. The zero-order valence-electron chi connectivity index (χ0n) is 11.1. The van der Waals surface area contributed by atoms with Crippen molar-refractivity contribution in [3.8, 4) is 0 Å². The second-order valence-electron chi connectivity index (χ2n) is 4.00. The lowest BCUT2D eigenvalue weighted by molar-refractivity contribution is -0.115. The molecule has 19 heavy (non-hydrogen) atoms. The van der Waals surface area contributed by atoms with Crippen LogP contribution in [0.3, 0.4) is 0 Å². The minimum Gasteiger partial charge on any atom is -0.382 e. The molecule has 2 N–H and O–H groups in total. The Hall–Kier alpha value is -0.950. The third-order valence-corrected chi connectivity index (χ3v) is 3.00. The average Bonchev–Trinajstić information content (AvgIpc) is 2.40. The molecule has 0 spiro atoms. The van der Waals surface area contributed by atoms with Crippen LogP contribution in [0.5, 0.6) is 0 Å². The van der Waals surface area contributed by atoms with Crippen molar-refractivity contribution in [2.24, 2.45) is 0 Å². The lowest BCUT2D eigenvalue weighted by atomic mass is 10.3. The molecule has 0 bridgehead atoms. The second-order valence-corrected chi connectivity index (χ2v) is 4.91. The van der Waals surface area contributed by atoms with E-state index in [1.165, 1.54) is 0 Å². The fourth-order valence-electron chi connectivity index (χ4n) is 1.48. The van der Waals surface area contributed by atoms with Gasteiger partial charge in [0.15, 0.2) is 0 Å². The van der Waals surface area contributed by atoms with E-state index in [-0.39, 0.29) is 18.6 Å². The number of benzene rings is 1. The predicted octanol–water partition coefficient (Wildman–Crippen LogP) is 1.64. The topological polar surface area (TPSA) is 59.6 Å². The van der Waals surface area contributed by atoms with Crippen molar-refractivity contribution in [1.29, 1.82) is 0 Å². The van der Waals surface area contributed by atoms with E-state index >= 15 is 0 Å². The highest BCUT2D eigenvalue weighted by Crippen LogP contribution is 2.13. The summed E-state index contributed by atoms with van der Waals surface area (Å²) in [5.74, 6) is -0.0883. The van der Waals surface area contributed by atoms with Gasteiger partial charge in [0.05, 0.1) is 19.3 Å². The maximum Gasteiger partial charge on any atom is 0.238 e. The van der Waals surface area contributed by atoms with Gasteiger partial charge in [0.1, 0.15) is 0 Å². The van der Waals surface area contributed by atoms with Gasteiger partial charge in [-0.25, -0.2) is 0 Å². The third kappa shape index (κ3) is 6.68. The molecule has 5 nitrogen and oxygen atoms in total. The molecule has 0 heterocycles. The molecule has 1 unspecified atom stereocenters. The van der Waals surface area contributed by atoms with E-state index in [1.54, 1.807) is 14.2 Å². The van der Waals surface area contributed by atoms with Gasteiger partial charge in [-0.15, -0.1) is 0 Å². The standard InChI is InChI=1S/C13H19BrN2O3/c1-18-9-12(19-2)7-15-8-13(17)16-11-5-3-10(14)4-6-11/h3-6,12,15H,7-9H2,1-2H3,(H,16,17). The maximum absolute atomic E-state index is 11.7. The van der Waals surface area contributed by atoms with Crippen LogP contribution < -0.4 is 10.6 Å². The molecular weight excluding hydrogens is 312 g/mol. The first-order valence-corrected chi connectivity index (χ1v) is 6.73. The summed E-state index contributed by atoms with van der Waals surface area (Å²) in [5, 5.41) is 5.82. The van der Waals surface area contributed by atoms with Gasteiger partial charge in [0.2, 0.25) is 5.91 Å². The number of methoxy groups -OCH3 is 2. The van der Waals surface area contributed by atoms with Crippen LogP contribution in [-0.2, 0) is 14.3 Å². The van der Waals surface area contributed by atoms with E-state index in [4.69, 9.17) is 9.47 Å². The van der Waals surface area contributed by atoms with Crippen molar-refractivity contribution in [2.75, 3.05) is 39.2 Å². The zero-order chi connectivity index (χ0) is 14.1. The van der Waals surface area contributed by atoms with Crippen LogP contribution in [0.2, 0.25) is 0 Å². The van der Waals surface area contributed by atoms with Crippen molar-refractivity contribution in [3.05, 3.63) is 28.7 Å². The van der Waals surface area contributed by atoms with Gasteiger partial charge < -0.3 is 20.1 Å². The summed E-state index contributed by atoms with van der Waals surface area (Å²) in [4.78, 5) is 11.7. The molecule has 1 aromatic rings. The minimum atomic E-state index is -0.0883. The number of hydrogen-bond donors (Lipinski definition) is 2. The van der Waals surface area contributed by atoms with Gasteiger partial charge in [0.25, 0.3) is 0 Å². The molecular formula is C13H19BrN2O3. The molecule has 0 aliphatic heterocycles. The smallest absolute Gasteiger partial charge is 0.238 e. The normalized spacial score (nSPS) is 12.2. The van der Waals surface area contributed by atoms with Crippen molar-refractivity contribution in [1.82, 2.24) is 5.32 Å². The Kier molecular flexibility index (Phi) is 7.66. The van der Waals surface area contributed by atoms with Crippen LogP contribution in [0.25, 0.3) is 0 Å². The average molecular weight is 331 g/mol. The number of carbonyl (C=O) groups excluding carboxylic acids is 1. The van der Waals surface area contributed by atoms with E-state index in [0.29, 0.717) is 13.2 Å².